The maximum atomic E-state index is 12.5. The fraction of sp³-hybridized carbons (Fsp3) is 0.300. The number of hydrogen-bond acceptors (Lipinski definition) is 7. The molecule has 1 unspecified atom stereocenters. The Morgan fingerprint density at radius 3 is 3.03 bits per heavy atom. The van der Waals surface area contributed by atoms with Crippen LogP contribution in [0.3, 0.4) is 0 Å². The summed E-state index contributed by atoms with van der Waals surface area (Å²) in [5.74, 6) is 0.141. The fourth-order valence-corrected chi connectivity index (χ4v) is 4.93. The predicted octanol–water partition coefficient (Wildman–Crippen LogP) is 3.25. The highest BCUT2D eigenvalue weighted by Gasteiger charge is 2.18. The third-order valence-corrected chi connectivity index (χ3v) is 6.67. The lowest BCUT2D eigenvalue weighted by atomic mass is 10.1. The minimum absolute atomic E-state index is 0.00886. The number of thioether (sulfide) groups is 1. The number of nitrogens with zero attached hydrogens (tertiary/aromatic N) is 2. The second-order valence-corrected chi connectivity index (χ2v) is 8.98. The predicted molar refractivity (Wildman–Crippen MR) is 115 cm³/mol. The first-order chi connectivity index (χ1) is 14.1. The number of thiazole rings is 1. The minimum Gasteiger partial charge on any atom is -0.379 e. The smallest absolute Gasteiger partial charge is 0.256 e. The number of ether oxygens (including phenoxy) is 1. The standard InChI is InChI=1S/C20H20N4O3S2/c1-12-9-21-6-4-15(12)19(26)23-13-2-3-16-17(8-13)29-20(24-16)28-11-18(25)22-14-5-7-27-10-14/h2-4,6,8-9,14H,5,7,10-11H2,1H3,(H,22,25)(H,23,26). The van der Waals surface area contributed by atoms with Crippen LogP contribution < -0.4 is 10.6 Å². The van der Waals surface area contributed by atoms with Gasteiger partial charge in [-0.05, 0) is 43.2 Å². The van der Waals surface area contributed by atoms with Crippen molar-refractivity contribution in [3.8, 4) is 0 Å². The maximum Gasteiger partial charge on any atom is 0.256 e. The SMILES string of the molecule is Cc1cnccc1C(=O)Nc1ccc2nc(SCC(=O)NC3CCOC3)sc2c1. The van der Waals surface area contributed by atoms with Crippen molar-refractivity contribution in [3.05, 3.63) is 47.8 Å². The zero-order chi connectivity index (χ0) is 20.2. The minimum atomic E-state index is -0.170. The van der Waals surface area contributed by atoms with Gasteiger partial charge in [-0.3, -0.25) is 14.6 Å². The van der Waals surface area contributed by atoms with Crippen molar-refractivity contribution in [2.24, 2.45) is 0 Å². The third-order valence-electron chi connectivity index (χ3n) is 4.51. The molecule has 0 radical (unpaired) electrons. The van der Waals surface area contributed by atoms with Gasteiger partial charge in [0, 0.05) is 30.3 Å². The number of pyridine rings is 1. The maximum absolute atomic E-state index is 12.5. The molecular weight excluding hydrogens is 408 g/mol. The summed E-state index contributed by atoms with van der Waals surface area (Å²) in [5, 5.41) is 5.89. The quantitative estimate of drug-likeness (QED) is 0.586. The van der Waals surface area contributed by atoms with Gasteiger partial charge >= 0.3 is 0 Å². The van der Waals surface area contributed by atoms with Crippen molar-refractivity contribution in [3.63, 3.8) is 0 Å². The summed E-state index contributed by atoms with van der Waals surface area (Å²) in [4.78, 5) is 33.1. The highest BCUT2D eigenvalue weighted by molar-refractivity contribution is 8.01. The number of rotatable bonds is 6. The van der Waals surface area contributed by atoms with Crippen LogP contribution in [0, 0.1) is 6.92 Å². The summed E-state index contributed by atoms with van der Waals surface area (Å²) in [6.45, 7) is 3.15. The van der Waals surface area contributed by atoms with Gasteiger partial charge in [-0.1, -0.05) is 11.8 Å². The molecule has 7 nitrogen and oxygen atoms in total. The van der Waals surface area contributed by atoms with Gasteiger partial charge in [0.15, 0.2) is 4.34 Å². The van der Waals surface area contributed by atoms with E-state index in [2.05, 4.69) is 20.6 Å². The molecule has 0 spiro atoms. The Morgan fingerprint density at radius 2 is 2.24 bits per heavy atom. The molecule has 1 aliphatic heterocycles. The van der Waals surface area contributed by atoms with Gasteiger partial charge in [-0.15, -0.1) is 11.3 Å². The molecule has 2 aromatic heterocycles. The number of aryl methyl sites for hydroxylation is 1. The largest absolute Gasteiger partial charge is 0.379 e. The Labute approximate surface area is 176 Å². The molecule has 1 atom stereocenters. The molecule has 1 aliphatic rings. The molecule has 1 saturated heterocycles. The van der Waals surface area contributed by atoms with Gasteiger partial charge in [-0.2, -0.15) is 0 Å². The van der Waals surface area contributed by atoms with Crippen LogP contribution in [0.5, 0.6) is 0 Å². The molecule has 2 amide bonds. The average Bonchev–Trinajstić information content (AvgIpc) is 3.35. The van der Waals surface area contributed by atoms with Crippen molar-refractivity contribution in [1.29, 1.82) is 0 Å². The monoisotopic (exact) mass is 428 g/mol. The molecule has 0 saturated carbocycles. The number of amides is 2. The van der Waals surface area contributed by atoms with E-state index in [1.165, 1.54) is 23.1 Å². The first-order valence-electron chi connectivity index (χ1n) is 9.21. The molecule has 4 rings (SSSR count). The number of carbonyl (C=O) groups is 2. The normalized spacial score (nSPS) is 16.1. The van der Waals surface area contributed by atoms with Crippen LogP contribution in [-0.4, -0.2) is 46.8 Å². The van der Waals surface area contributed by atoms with Crippen LogP contribution >= 0.6 is 23.1 Å². The third kappa shape index (κ3) is 4.92. The van der Waals surface area contributed by atoms with E-state index in [9.17, 15) is 9.59 Å². The second kappa shape index (κ2) is 8.89. The highest BCUT2D eigenvalue weighted by atomic mass is 32.2. The molecule has 1 aromatic carbocycles. The molecule has 29 heavy (non-hydrogen) atoms. The molecule has 0 bridgehead atoms. The Kier molecular flexibility index (Phi) is 6.08. The van der Waals surface area contributed by atoms with Gasteiger partial charge in [0.1, 0.15) is 0 Å². The van der Waals surface area contributed by atoms with Gasteiger partial charge in [0.05, 0.1) is 28.6 Å². The van der Waals surface area contributed by atoms with Crippen LogP contribution in [0.1, 0.15) is 22.3 Å². The van der Waals surface area contributed by atoms with Crippen LogP contribution in [0.15, 0.2) is 41.0 Å². The van der Waals surface area contributed by atoms with E-state index >= 15 is 0 Å². The topological polar surface area (TPSA) is 93.2 Å². The van der Waals surface area contributed by atoms with E-state index in [1.807, 2.05) is 25.1 Å². The van der Waals surface area contributed by atoms with Crippen LogP contribution in [0.2, 0.25) is 0 Å². The zero-order valence-corrected chi connectivity index (χ0v) is 17.4. The number of anilines is 1. The number of hydrogen-bond donors (Lipinski definition) is 2. The van der Waals surface area contributed by atoms with Crippen molar-refractivity contribution in [2.75, 3.05) is 24.3 Å². The second-order valence-electron chi connectivity index (χ2n) is 6.72. The average molecular weight is 429 g/mol. The molecule has 9 heteroatoms. The fourth-order valence-electron chi connectivity index (χ4n) is 3.01. The number of benzene rings is 1. The Balaban J connectivity index is 1.39. The summed E-state index contributed by atoms with van der Waals surface area (Å²) >= 11 is 2.92. The first-order valence-corrected chi connectivity index (χ1v) is 11.0. The van der Waals surface area contributed by atoms with Crippen LogP contribution in [0.25, 0.3) is 10.2 Å². The summed E-state index contributed by atoms with van der Waals surface area (Å²) in [7, 11) is 0. The zero-order valence-electron chi connectivity index (χ0n) is 15.8. The van der Waals surface area contributed by atoms with Gasteiger partial charge in [0.2, 0.25) is 5.91 Å². The number of carbonyl (C=O) groups excluding carboxylic acids is 2. The number of aromatic nitrogens is 2. The summed E-state index contributed by atoms with van der Waals surface area (Å²) in [6.07, 6.45) is 4.14. The summed E-state index contributed by atoms with van der Waals surface area (Å²) < 4.78 is 7.05. The molecule has 150 valence electrons. The van der Waals surface area contributed by atoms with E-state index < -0.39 is 0 Å². The van der Waals surface area contributed by atoms with E-state index in [0.717, 1.165) is 26.5 Å². The van der Waals surface area contributed by atoms with E-state index in [4.69, 9.17) is 4.74 Å². The Bertz CT molecular complexity index is 1050. The number of fused-ring (bicyclic) bond motifs is 1. The molecule has 2 N–H and O–H groups in total. The van der Waals surface area contributed by atoms with Gasteiger partial charge in [-0.25, -0.2) is 4.98 Å². The molecule has 3 heterocycles. The van der Waals surface area contributed by atoms with E-state index in [1.54, 1.807) is 18.5 Å². The number of nitrogens with one attached hydrogen (secondary N) is 2. The first kappa shape index (κ1) is 19.8. The molecule has 1 fully saturated rings. The van der Waals surface area contributed by atoms with E-state index in [-0.39, 0.29) is 17.9 Å². The lowest BCUT2D eigenvalue weighted by Crippen LogP contribution is -2.36. The lowest BCUT2D eigenvalue weighted by molar-refractivity contribution is -0.119. The van der Waals surface area contributed by atoms with Crippen LogP contribution in [-0.2, 0) is 9.53 Å². The van der Waals surface area contributed by atoms with Gasteiger partial charge < -0.3 is 15.4 Å². The molecule has 3 aromatic rings. The molecule has 0 aliphatic carbocycles. The summed E-state index contributed by atoms with van der Waals surface area (Å²) in [6, 6.07) is 7.43. The van der Waals surface area contributed by atoms with Gasteiger partial charge in [0.25, 0.3) is 5.91 Å². The van der Waals surface area contributed by atoms with Crippen LogP contribution in [0.4, 0.5) is 5.69 Å². The van der Waals surface area contributed by atoms with Crippen molar-refractivity contribution >= 4 is 50.8 Å². The summed E-state index contributed by atoms with van der Waals surface area (Å²) in [5.41, 5.74) is 2.97. The van der Waals surface area contributed by atoms with Crippen molar-refractivity contribution < 1.29 is 14.3 Å². The Hall–Kier alpha value is -2.49. The van der Waals surface area contributed by atoms with Crippen molar-refractivity contribution in [2.45, 2.75) is 23.7 Å². The highest BCUT2D eigenvalue weighted by Crippen LogP contribution is 2.31. The Morgan fingerprint density at radius 1 is 1.34 bits per heavy atom. The lowest BCUT2D eigenvalue weighted by Gasteiger charge is -2.09. The van der Waals surface area contributed by atoms with Crippen molar-refractivity contribution in [1.82, 2.24) is 15.3 Å². The molecular formula is C20H20N4O3S2. The van der Waals surface area contributed by atoms with E-state index in [0.29, 0.717) is 30.2 Å².